The van der Waals surface area contributed by atoms with E-state index in [2.05, 4.69) is 72.2 Å². The van der Waals surface area contributed by atoms with E-state index < -0.39 is 0 Å². The molecular weight excluding hydrogens is 449 g/mol. The van der Waals surface area contributed by atoms with Crippen molar-refractivity contribution < 1.29 is 4.74 Å². The van der Waals surface area contributed by atoms with Crippen LogP contribution < -0.4 is 10.6 Å². The van der Waals surface area contributed by atoms with Crippen molar-refractivity contribution >= 4 is 29.9 Å². The molecule has 27 heavy (non-hydrogen) atoms. The lowest BCUT2D eigenvalue weighted by Crippen LogP contribution is -2.41. The molecule has 0 saturated heterocycles. The van der Waals surface area contributed by atoms with Gasteiger partial charge in [-0.3, -0.25) is 0 Å². The zero-order chi connectivity index (χ0) is 18.2. The van der Waals surface area contributed by atoms with Gasteiger partial charge in [-0.05, 0) is 36.5 Å². The van der Waals surface area contributed by atoms with Crippen molar-refractivity contribution in [3.8, 4) is 0 Å². The Morgan fingerprint density at radius 3 is 2.44 bits per heavy atom. The van der Waals surface area contributed by atoms with Crippen LogP contribution in [0.15, 0.2) is 59.6 Å². The number of nitrogens with one attached hydrogen (secondary N) is 2. The molecule has 0 unspecified atom stereocenters. The van der Waals surface area contributed by atoms with E-state index in [4.69, 9.17) is 9.73 Å². The third-order valence-corrected chi connectivity index (χ3v) is 4.90. The maximum absolute atomic E-state index is 5.21. The largest absolute Gasteiger partial charge is 0.380 e. The average molecular weight is 479 g/mol. The number of methoxy groups -OCH3 is 1. The van der Waals surface area contributed by atoms with Gasteiger partial charge in [0.2, 0.25) is 0 Å². The number of ether oxygens (including phenoxy) is 1. The number of hydrogen-bond donors (Lipinski definition) is 2. The first-order chi connectivity index (χ1) is 12.8. The summed E-state index contributed by atoms with van der Waals surface area (Å²) in [5, 5.41) is 6.90. The second-order valence-corrected chi connectivity index (χ2v) is 6.95. The highest BCUT2D eigenvalue weighted by Crippen LogP contribution is 2.47. The third kappa shape index (κ3) is 6.21. The van der Waals surface area contributed by atoms with E-state index in [1.54, 1.807) is 7.11 Å². The Morgan fingerprint density at radius 2 is 1.78 bits per heavy atom. The van der Waals surface area contributed by atoms with Crippen LogP contribution in [0.5, 0.6) is 0 Å². The van der Waals surface area contributed by atoms with Crippen molar-refractivity contribution in [1.82, 2.24) is 10.6 Å². The number of benzene rings is 2. The van der Waals surface area contributed by atoms with Gasteiger partial charge < -0.3 is 15.4 Å². The van der Waals surface area contributed by atoms with Crippen LogP contribution in [0, 0.1) is 0 Å². The lowest BCUT2D eigenvalue weighted by molar-refractivity contribution is 0.185. The smallest absolute Gasteiger partial charge is 0.191 e. The second-order valence-electron chi connectivity index (χ2n) is 6.95. The summed E-state index contributed by atoms with van der Waals surface area (Å²) in [7, 11) is 1.72. The second kappa shape index (κ2) is 10.7. The molecule has 0 heterocycles. The summed E-state index contributed by atoms with van der Waals surface area (Å²) in [5.74, 6) is 0.881. The first-order valence-electron chi connectivity index (χ1n) is 9.40. The Kier molecular flexibility index (Phi) is 8.57. The molecule has 1 aliphatic rings. The molecule has 2 N–H and O–H groups in total. The molecule has 3 rings (SSSR count). The molecular formula is C22H30IN3O. The fourth-order valence-electron chi connectivity index (χ4n) is 3.26. The van der Waals surface area contributed by atoms with Crippen molar-refractivity contribution in [2.24, 2.45) is 4.99 Å². The Morgan fingerprint density at radius 1 is 1.04 bits per heavy atom. The zero-order valence-corrected chi connectivity index (χ0v) is 18.5. The Labute approximate surface area is 179 Å². The number of halogens is 1. The molecule has 1 aliphatic carbocycles. The van der Waals surface area contributed by atoms with Gasteiger partial charge >= 0.3 is 0 Å². The quantitative estimate of drug-likeness (QED) is 0.338. The van der Waals surface area contributed by atoms with Gasteiger partial charge in [-0.1, -0.05) is 54.6 Å². The summed E-state index contributed by atoms with van der Waals surface area (Å²) >= 11 is 0. The van der Waals surface area contributed by atoms with Gasteiger partial charge in [0.15, 0.2) is 5.96 Å². The fourth-order valence-corrected chi connectivity index (χ4v) is 3.26. The van der Waals surface area contributed by atoms with Crippen LogP contribution in [0.25, 0.3) is 0 Å². The molecule has 2 aromatic carbocycles. The molecule has 0 aliphatic heterocycles. The molecule has 4 nitrogen and oxygen atoms in total. The minimum atomic E-state index is 0. The Bertz CT molecular complexity index is 729. The SMILES string of the molecule is CCNC(=NCc1cccc(COC)c1)NCC1(c2ccccc2)CC1.I. The number of guanidine groups is 1. The zero-order valence-electron chi connectivity index (χ0n) is 16.2. The van der Waals surface area contributed by atoms with E-state index >= 15 is 0 Å². The summed E-state index contributed by atoms with van der Waals surface area (Å²) in [6, 6.07) is 19.2. The van der Waals surface area contributed by atoms with Crippen LogP contribution in [0.1, 0.15) is 36.5 Å². The van der Waals surface area contributed by atoms with Crippen molar-refractivity contribution in [3.05, 3.63) is 71.3 Å². The lowest BCUT2D eigenvalue weighted by Gasteiger charge is -2.19. The summed E-state index contributed by atoms with van der Waals surface area (Å²) < 4.78 is 5.21. The predicted octanol–water partition coefficient (Wildman–Crippen LogP) is 4.24. The number of rotatable bonds is 8. The van der Waals surface area contributed by atoms with Crippen molar-refractivity contribution in [2.75, 3.05) is 20.2 Å². The highest BCUT2D eigenvalue weighted by molar-refractivity contribution is 14.0. The molecule has 0 aromatic heterocycles. The molecule has 1 fully saturated rings. The normalized spacial score (nSPS) is 15.0. The van der Waals surface area contributed by atoms with Gasteiger partial charge in [0.05, 0.1) is 13.2 Å². The van der Waals surface area contributed by atoms with E-state index in [0.717, 1.165) is 19.0 Å². The van der Waals surface area contributed by atoms with E-state index in [-0.39, 0.29) is 29.4 Å². The highest BCUT2D eigenvalue weighted by Gasteiger charge is 2.43. The number of nitrogens with zero attached hydrogens (tertiary/aromatic N) is 1. The van der Waals surface area contributed by atoms with Crippen LogP contribution in [0.2, 0.25) is 0 Å². The van der Waals surface area contributed by atoms with Gasteiger partial charge in [-0.15, -0.1) is 24.0 Å². The minimum absolute atomic E-state index is 0. The lowest BCUT2D eigenvalue weighted by atomic mass is 9.96. The molecule has 1 saturated carbocycles. The van der Waals surface area contributed by atoms with Gasteiger partial charge in [-0.2, -0.15) is 0 Å². The van der Waals surface area contributed by atoms with E-state index in [9.17, 15) is 0 Å². The maximum Gasteiger partial charge on any atom is 0.191 e. The van der Waals surface area contributed by atoms with Crippen LogP contribution in [0.4, 0.5) is 0 Å². The molecule has 0 spiro atoms. The van der Waals surface area contributed by atoms with Gasteiger partial charge in [0.1, 0.15) is 0 Å². The molecule has 2 aromatic rings. The van der Waals surface area contributed by atoms with Crippen molar-refractivity contribution in [2.45, 2.75) is 38.3 Å². The molecule has 0 amide bonds. The van der Waals surface area contributed by atoms with Gasteiger partial charge in [0, 0.05) is 25.6 Å². The van der Waals surface area contributed by atoms with Crippen LogP contribution >= 0.6 is 24.0 Å². The fraction of sp³-hybridized carbons (Fsp3) is 0.409. The van der Waals surface area contributed by atoms with Gasteiger partial charge in [0.25, 0.3) is 0 Å². The Hall–Kier alpha value is -1.60. The summed E-state index contributed by atoms with van der Waals surface area (Å²) in [5.41, 5.74) is 4.08. The Balaban J connectivity index is 0.00000261. The number of hydrogen-bond acceptors (Lipinski definition) is 2. The predicted molar refractivity (Wildman–Crippen MR) is 123 cm³/mol. The van der Waals surface area contributed by atoms with E-state index in [1.807, 2.05) is 0 Å². The van der Waals surface area contributed by atoms with E-state index in [0.29, 0.717) is 13.2 Å². The topological polar surface area (TPSA) is 45.7 Å². The average Bonchev–Trinajstić information content (AvgIpc) is 3.47. The number of aliphatic imine (C=N–C) groups is 1. The highest BCUT2D eigenvalue weighted by atomic mass is 127. The van der Waals surface area contributed by atoms with Crippen molar-refractivity contribution in [1.29, 1.82) is 0 Å². The molecule has 5 heteroatoms. The van der Waals surface area contributed by atoms with E-state index in [1.165, 1.54) is 29.5 Å². The third-order valence-electron chi connectivity index (χ3n) is 4.90. The summed E-state index contributed by atoms with van der Waals surface area (Å²) in [6.45, 7) is 5.17. The van der Waals surface area contributed by atoms with Crippen LogP contribution in [0.3, 0.4) is 0 Å². The van der Waals surface area contributed by atoms with Crippen molar-refractivity contribution in [3.63, 3.8) is 0 Å². The molecule has 146 valence electrons. The molecule has 0 bridgehead atoms. The molecule has 0 atom stereocenters. The monoisotopic (exact) mass is 479 g/mol. The summed E-state index contributed by atoms with van der Waals surface area (Å²) in [4.78, 5) is 4.76. The maximum atomic E-state index is 5.21. The van der Waals surface area contributed by atoms with Crippen LogP contribution in [-0.2, 0) is 23.3 Å². The van der Waals surface area contributed by atoms with Gasteiger partial charge in [-0.25, -0.2) is 4.99 Å². The standard InChI is InChI=1S/C22H29N3O.HI/c1-3-23-21(24-15-18-8-7-9-19(14-18)16-26-2)25-17-22(12-13-22)20-10-5-4-6-11-20;/h4-11,14H,3,12-13,15-17H2,1-2H3,(H2,23,24,25);1H. The molecule has 0 radical (unpaired) electrons. The van der Waals surface area contributed by atoms with Crippen LogP contribution in [-0.4, -0.2) is 26.2 Å². The summed E-state index contributed by atoms with van der Waals surface area (Å²) in [6.07, 6.45) is 2.48. The first-order valence-corrected chi connectivity index (χ1v) is 9.40. The minimum Gasteiger partial charge on any atom is -0.380 e. The first kappa shape index (κ1) is 21.7.